The number of aromatic nitrogens is 2. The van der Waals surface area contributed by atoms with Gasteiger partial charge in [-0.15, -0.1) is 0 Å². The maximum atomic E-state index is 11.9. The molecule has 31 heavy (non-hydrogen) atoms. The Bertz CT molecular complexity index is 750. The fourth-order valence-corrected chi connectivity index (χ4v) is 3.62. The van der Waals surface area contributed by atoms with Crippen molar-refractivity contribution in [3.8, 4) is 0 Å². The minimum atomic E-state index is -0.472. The van der Waals surface area contributed by atoms with Crippen LogP contribution in [0.4, 0.5) is 26.9 Å². The molecular formula is C18H27N7O6. The number of nitro groups is 1. The summed E-state index contributed by atoms with van der Waals surface area (Å²) in [6.07, 6.45) is 0.534. The summed E-state index contributed by atoms with van der Waals surface area (Å²) in [4.78, 5) is 50.4. The molecule has 3 heterocycles. The molecule has 2 fully saturated rings. The molecular weight excluding hydrogens is 410 g/mol. The molecule has 13 nitrogen and oxygen atoms in total. The van der Waals surface area contributed by atoms with E-state index in [1.54, 1.807) is 33.4 Å². The normalized spacial score (nSPS) is 16.8. The van der Waals surface area contributed by atoms with Gasteiger partial charge in [-0.1, -0.05) is 0 Å². The van der Waals surface area contributed by atoms with E-state index in [2.05, 4.69) is 9.97 Å². The van der Waals surface area contributed by atoms with Gasteiger partial charge in [0.2, 0.25) is 11.6 Å². The molecule has 3 rings (SSSR count). The molecule has 2 saturated heterocycles. The van der Waals surface area contributed by atoms with E-state index in [1.807, 2.05) is 0 Å². The highest BCUT2D eigenvalue weighted by atomic mass is 16.6. The molecule has 1 aromatic rings. The Morgan fingerprint density at radius 2 is 1.26 bits per heavy atom. The highest BCUT2D eigenvalue weighted by Gasteiger charge is 2.34. The maximum Gasteiger partial charge on any atom is 0.409 e. The van der Waals surface area contributed by atoms with Crippen LogP contribution in [0.3, 0.4) is 0 Å². The summed E-state index contributed by atoms with van der Waals surface area (Å²) in [6.45, 7) is 7.19. The fourth-order valence-electron chi connectivity index (χ4n) is 3.62. The van der Waals surface area contributed by atoms with Crippen LogP contribution in [0.2, 0.25) is 0 Å². The number of ether oxygens (including phenoxy) is 2. The largest absolute Gasteiger partial charge is 0.450 e. The topological polar surface area (TPSA) is 134 Å². The summed E-state index contributed by atoms with van der Waals surface area (Å²) < 4.78 is 10.0. The van der Waals surface area contributed by atoms with Gasteiger partial charge >= 0.3 is 17.9 Å². The third kappa shape index (κ3) is 5.03. The second kappa shape index (κ2) is 10.1. The first-order valence-electron chi connectivity index (χ1n) is 10.3. The molecule has 0 radical (unpaired) electrons. The highest BCUT2D eigenvalue weighted by Crippen LogP contribution is 2.35. The van der Waals surface area contributed by atoms with Crippen LogP contribution >= 0.6 is 0 Å². The Morgan fingerprint density at radius 1 is 0.871 bits per heavy atom. The van der Waals surface area contributed by atoms with E-state index in [1.165, 1.54) is 6.33 Å². The quantitative estimate of drug-likeness (QED) is 0.484. The predicted molar refractivity (Wildman–Crippen MR) is 110 cm³/mol. The van der Waals surface area contributed by atoms with Gasteiger partial charge in [0.05, 0.1) is 18.1 Å². The second-order valence-corrected chi connectivity index (χ2v) is 6.97. The second-order valence-electron chi connectivity index (χ2n) is 6.97. The number of amides is 2. The summed E-state index contributed by atoms with van der Waals surface area (Å²) in [5, 5.41) is 11.9. The van der Waals surface area contributed by atoms with Crippen LogP contribution in [0, 0.1) is 10.1 Å². The average molecular weight is 437 g/mol. The SMILES string of the molecule is CCOC(=O)N1CCN(c2ncnc(N3CCN(C(=O)OCC)CC3)c2[N+](=O)[O-])CC1. The molecule has 0 aliphatic carbocycles. The van der Waals surface area contributed by atoms with Crippen molar-refractivity contribution in [2.24, 2.45) is 0 Å². The van der Waals surface area contributed by atoms with Gasteiger partial charge in [0.25, 0.3) is 0 Å². The van der Waals surface area contributed by atoms with Crippen molar-refractivity contribution in [3.05, 3.63) is 16.4 Å². The number of carbonyl (C=O) groups excluding carboxylic acids is 2. The van der Waals surface area contributed by atoms with Crippen LogP contribution < -0.4 is 9.80 Å². The van der Waals surface area contributed by atoms with E-state index in [0.717, 1.165) is 0 Å². The Hall–Kier alpha value is -3.38. The van der Waals surface area contributed by atoms with E-state index < -0.39 is 4.92 Å². The van der Waals surface area contributed by atoms with Gasteiger partial charge in [-0.3, -0.25) is 10.1 Å². The monoisotopic (exact) mass is 437 g/mol. The fraction of sp³-hybridized carbons (Fsp3) is 0.667. The lowest BCUT2D eigenvalue weighted by molar-refractivity contribution is -0.383. The van der Waals surface area contributed by atoms with Gasteiger partial charge in [0.15, 0.2) is 0 Å². The molecule has 0 N–H and O–H groups in total. The molecule has 2 amide bonds. The summed E-state index contributed by atoms with van der Waals surface area (Å²) >= 11 is 0. The third-order valence-electron chi connectivity index (χ3n) is 5.18. The predicted octanol–water partition coefficient (Wildman–Crippen LogP) is 0.942. The van der Waals surface area contributed by atoms with Crippen molar-refractivity contribution in [2.45, 2.75) is 13.8 Å². The number of carbonyl (C=O) groups is 2. The van der Waals surface area contributed by atoms with Crippen molar-refractivity contribution in [1.82, 2.24) is 19.8 Å². The molecule has 0 saturated carbocycles. The van der Waals surface area contributed by atoms with Gasteiger partial charge in [-0.2, -0.15) is 0 Å². The number of nitrogens with zero attached hydrogens (tertiary/aromatic N) is 7. The van der Waals surface area contributed by atoms with Gasteiger partial charge in [-0.05, 0) is 13.8 Å². The first-order chi connectivity index (χ1) is 15.0. The molecule has 2 aliphatic rings. The van der Waals surface area contributed by atoms with E-state index in [9.17, 15) is 19.7 Å². The Balaban J connectivity index is 1.73. The van der Waals surface area contributed by atoms with Crippen LogP contribution in [0.15, 0.2) is 6.33 Å². The minimum Gasteiger partial charge on any atom is -0.450 e. The summed E-state index contributed by atoms with van der Waals surface area (Å²) in [6, 6.07) is 0. The maximum absolute atomic E-state index is 11.9. The van der Waals surface area contributed by atoms with Crippen molar-refractivity contribution in [1.29, 1.82) is 0 Å². The van der Waals surface area contributed by atoms with Crippen molar-refractivity contribution >= 4 is 29.5 Å². The van der Waals surface area contributed by atoms with Crippen LogP contribution in [-0.2, 0) is 9.47 Å². The minimum absolute atomic E-state index is 0.170. The lowest BCUT2D eigenvalue weighted by atomic mass is 10.2. The summed E-state index contributed by atoms with van der Waals surface area (Å²) in [7, 11) is 0. The Morgan fingerprint density at radius 3 is 1.58 bits per heavy atom. The zero-order valence-electron chi connectivity index (χ0n) is 17.7. The zero-order chi connectivity index (χ0) is 22.4. The number of hydrogen-bond donors (Lipinski definition) is 0. The van der Waals surface area contributed by atoms with Crippen LogP contribution in [0.1, 0.15) is 13.8 Å². The molecule has 1 aromatic heterocycles. The van der Waals surface area contributed by atoms with Gasteiger partial charge in [0, 0.05) is 52.4 Å². The van der Waals surface area contributed by atoms with Gasteiger partial charge < -0.3 is 29.1 Å². The molecule has 0 aromatic carbocycles. The van der Waals surface area contributed by atoms with Crippen LogP contribution in [0.5, 0.6) is 0 Å². The van der Waals surface area contributed by atoms with E-state index in [4.69, 9.17) is 9.47 Å². The Kier molecular flexibility index (Phi) is 7.26. The molecule has 0 bridgehead atoms. The van der Waals surface area contributed by atoms with Crippen molar-refractivity contribution in [2.75, 3.05) is 75.4 Å². The highest BCUT2D eigenvalue weighted by molar-refractivity contribution is 5.73. The van der Waals surface area contributed by atoms with E-state index in [-0.39, 0.29) is 29.5 Å². The average Bonchev–Trinajstić information content (AvgIpc) is 2.79. The Labute approximate surface area is 179 Å². The first-order valence-corrected chi connectivity index (χ1v) is 10.3. The molecule has 2 aliphatic heterocycles. The van der Waals surface area contributed by atoms with Gasteiger partial charge in [-0.25, -0.2) is 19.6 Å². The molecule has 0 unspecified atom stereocenters. The lowest BCUT2D eigenvalue weighted by Gasteiger charge is -2.36. The van der Waals surface area contributed by atoms with E-state index >= 15 is 0 Å². The molecule has 0 atom stereocenters. The first kappa shape index (κ1) is 22.3. The molecule has 0 spiro atoms. The lowest BCUT2D eigenvalue weighted by Crippen LogP contribution is -2.50. The number of piperazine rings is 2. The van der Waals surface area contributed by atoms with Crippen molar-refractivity contribution in [3.63, 3.8) is 0 Å². The van der Waals surface area contributed by atoms with Gasteiger partial charge in [0.1, 0.15) is 6.33 Å². The molecule has 170 valence electrons. The zero-order valence-corrected chi connectivity index (χ0v) is 17.7. The standard InChI is InChI=1S/C18H27N7O6/c1-3-30-17(26)23-9-5-21(6-10-23)15-14(25(28)29)16(20-13-19-15)22-7-11-24(12-8-22)18(27)31-4-2/h13H,3-12H2,1-2H3. The smallest absolute Gasteiger partial charge is 0.409 e. The van der Waals surface area contributed by atoms with Crippen LogP contribution in [0.25, 0.3) is 0 Å². The third-order valence-corrected chi connectivity index (χ3v) is 5.18. The number of rotatable bonds is 5. The van der Waals surface area contributed by atoms with Crippen molar-refractivity contribution < 1.29 is 24.0 Å². The number of hydrogen-bond acceptors (Lipinski definition) is 10. The number of anilines is 2. The van der Waals surface area contributed by atoms with E-state index in [0.29, 0.717) is 65.6 Å². The van der Waals surface area contributed by atoms with Crippen LogP contribution in [-0.4, -0.2) is 102 Å². The summed E-state index contributed by atoms with van der Waals surface area (Å²) in [5.41, 5.74) is -0.170. The molecule has 13 heteroatoms. The summed E-state index contributed by atoms with van der Waals surface area (Å²) in [5.74, 6) is 0.456.